The predicted molar refractivity (Wildman–Crippen MR) is 84.2 cm³/mol. The van der Waals surface area contributed by atoms with Gasteiger partial charge in [0.05, 0.1) is 19.3 Å². The van der Waals surface area contributed by atoms with Gasteiger partial charge in [-0.05, 0) is 37.6 Å². The van der Waals surface area contributed by atoms with Crippen molar-refractivity contribution in [3.8, 4) is 0 Å². The molecule has 0 aromatic heterocycles. The summed E-state index contributed by atoms with van der Waals surface area (Å²) in [7, 11) is 0. The number of carbonyl (C=O) groups excluding carboxylic acids is 1. The summed E-state index contributed by atoms with van der Waals surface area (Å²) in [6.07, 6.45) is 0. The van der Waals surface area contributed by atoms with Crippen molar-refractivity contribution in [3.63, 3.8) is 0 Å². The highest BCUT2D eigenvalue weighted by Crippen LogP contribution is 2.25. The number of nitrogens with one attached hydrogen (secondary N) is 1. The molecule has 1 fully saturated rings. The zero-order valence-corrected chi connectivity index (χ0v) is 12.5. The number of rotatable bonds is 3. The van der Waals surface area contributed by atoms with Gasteiger partial charge in [0.2, 0.25) is 5.91 Å². The van der Waals surface area contributed by atoms with Gasteiger partial charge in [0.15, 0.2) is 0 Å². The van der Waals surface area contributed by atoms with E-state index in [4.69, 9.17) is 22.7 Å². The molecule has 0 spiro atoms. The van der Waals surface area contributed by atoms with Gasteiger partial charge in [-0.15, -0.1) is 0 Å². The fourth-order valence-corrected chi connectivity index (χ4v) is 2.34. The summed E-state index contributed by atoms with van der Waals surface area (Å²) >= 11 is 5.32. The van der Waals surface area contributed by atoms with E-state index >= 15 is 0 Å². The Labute approximate surface area is 124 Å². The second kappa shape index (κ2) is 6.30. The minimum atomic E-state index is -0.526. The summed E-state index contributed by atoms with van der Waals surface area (Å²) in [5.74, 6) is -0.195. The van der Waals surface area contributed by atoms with Gasteiger partial charge < -0.3 is 20.7 Å². The molecule has 108 valence electrons. The quantitative estimate of drug-likeness (QED) is 0.826. The minimum absolute atomic E-state index is 0.195. The van der Waals surface area contributed by atoms with Crippen LogP contribution in [0.15, 0.2) is 18.2 Å². The number of thiocarbonyl (C=S) groups is 1. The third-order valence-corrected chi connectivity index (χ3v) is 3.49. The van der Waals surface area contributed by atoms with Crippen LogP contribution in [0.25, 0.3) is 0 Å². The smallest absolute Gasteiger partial charge is 0.240 e. The minimum Gasteiger partial charge on any atom is -0.372 e. The lowest BCUT2D eigenvalue weighted by Gasteiger charge is -2.30. The number of ether oxygens (including phenoxy) is 1. The molecule has 20 heavy (non-hydrogen) atoms. The maximum Gasteiger partial charge on any atom is 0.240 e. The van der Waals surface area contributed by atoms with Gasteiger partial charge in [0.1, 0.15) is 4.99 Å². The first kappa shape index (κ1) is 14.9. The second-order valence-corrected chi connectivity index (χ2v) is 5.35. The fourth-order valence-electron chi connectivity index (χ4n) is 2.06. The molecule has 0 bridgehead atoms. The number of carbonyl (C=O) groups is 1. The molecular formula is C14H19N3O2S. The van der Waals surface area contributed by atoms with E-state index < -0.39 is 6.04 Å². The van der Waals surface area contributed by atoms with E-state index in [0.717, 1.165) is 28.5 Å². The van der Waals surface area contributed by atoms with E-state index in [0.29, 0.717) is 13.2 Å². The van der Waals surface area contributed by atoms with Gasteiger partial charge in [-0.25, -0.2) is 0 Å². The molecule has 1 unspecified atom stereocenters. The number of hydrogen-bond acceptors (Lipinski definition) is 4. The maximum atomic E-state index is 11.6. The van der Waals surface area contributed by atoms with Crippen LogP contribution in [0.5, 0.6) is 0 Å². The number of aryl methyl sites for hydroxylation is 1. The number of nitrogens with zero attached hydrogens (tertiary/aromatic N) is 1. The molecular weight excluding hydrogens is 274 g/mol. The molecule has 1 heterocycles. The number of anilines is 2. The monoisotopic (exact) mass is 293 g/mol. The molecule has 3 N–H and O–H groups in total. The largest absolute Gasteiger partial charge is 0.372 e. The lowest BCUT2D eigenvalue weighted by atomic mass is 10.1. The summed E-state index contributed by atoms with van der Waals surface area (Å²) in [6.45, 7) is 5.56. The molecule has 2 rings (SSSR count). The average Bonchev–Trinajstić information content (AvgIpc) is 2.40. The Balaban J connectivity index is 2.17. The van der Waals surface area contributed by atoms with Crippen molar-refractivity contribution in [2.45, 2.75) is 19.9 Å². The van der Waals surface area contributed by atoms with E-state index in [1.807, 2.05) is 25.1 Å². The van der Waals surface area contributed by atoms with Crippen molar-refractivity contribution in [3.05, 3.63) is 23.8 Å². The molecule has 1 saturated heterocycles. The highest BCUT2D eigenvalue weighted by Gasteiger charge is 2.18. The summed E-state index contributed by atoms with van der Waals surface area (Å²) in [6, 6.07) is 5.22. The zero-order valence-electron chi connectivity index (χ0n) is 11.7. The third-order valence-electron chi connectivity index (χ3n) is 3.15. The van der Waals surface area contributed by atoms with Crippen molar-refractivity contribution in [1.82, 2.24) is 0 Å². The van der Waals surface area contributed by atoms with Crippen molar-refractivity contribution in [2.24, 2.45) is 5.73 Å². The van der Waals surface area contributed by atoms with Gasteiger partial charge in [-0.3, -0.25) is 4.79 Å². The molecule has 1 atom stereocenters. The van der Waals surface area contributed by atoms with Gasteiger partial charge >= 0.3 is 0 Å². The van der Waals surface area contributed by atoms with Gasteiger partial charge in [-0.2, -0.15) is 0 Å². The second-order valence-electron chi connectivity index (χ2n) is 4.88. The highest BCUT2D eigenvalue weighted by molar-refractivity contribution is 7.80. The number of amides is 1. The summed E-state index contributed by atoms with van der Waals surface area (Å²) < 4.78 is 5.32. The molecule has 1 aromatic carbocycles. The van der Waals surface area contributed by atoms with Crippen LogP contribution in [0.3, 0.4) is 0 Å². The van der Waals surface area contributed by atoms with Gasteiger partial charge in [0, 0.05) is 17.9 Å². The first-order valence-electron chi connectivity index (χ1n) is 6.54. The summed E-state index contributed by atoms with van der Waals surface area (Å²) in [5.41, 5.74) is 8.38. The van der Waals surface area contributed by atoms with E-state index in [2.05, 4.69) is 10.2 Å². The summed E-state index contributed by atoms with van der Waals surface area (Å²) in [5, 5.41) is 2.78. The number of morpholine rings is 1. The van der Waals surface area contributed by atoms with E-state index in [9.17, 15) is 4.79 Å². The Morgan fingerprint density at radius 1 is 1.55 bits per heavy atom. The van der Waals surface area contributed by atoms with E-state index in [1.54, 1.807) is 6.92 Å². The van der Waals surface area contributed by atoms with Crippen molar-refractivity contribution in [2.75, 3.05) is 30.0 Å². The molecule has 1 aromatic rings. The SMILES string of the molecule is Cc1cc(NC(=O)C(C)N)ccc1N1CCOCC1=S. The summed E-state index contributed by atoms with van der Waals surface area (Å²) in [4.78, 5) is 14.4. The third kappa shape index (κ3) is 3.33. The predicted octanol–water partition coefficient (Wildman–Crippen LogP) is 1.44. The lowest BCUT2D eigenvalue weighted by molar-refractivity contribution is -0.117. The normalized spacial score (nSPS) is 16.9. The van der Waals surface area contributed by atoms with Crippen LogP contribution in [0.1, 0.15) is 12.5 Å². The van der Waals surface area contributed by atoms with Crippen LogP contribution in [0.2, 0.25) is 0 Å². The molecule has 6 heteroatoms. The molecule has 1 amide bonds. The Bertz CT molecular complexity index is 531. The van der Waals surface area contributed by atoms with Crippen molar-refractivity contribution in [1.29, 1.82) is 0 Å². The van der Waals surface area contributed by atoms with Crippen LogP contribution in [-0.4, -0.2) is 36.7 Å². The number of hydrogen-bond donors (Lipinski definition) is 2. The Morgan fingerprint density at radius 3 is 2.90 bits per heavy atom. The standard InChI is InChI=1S/C14H19N3O2S/c1-9-7-11(16-14(18)10(2)15)3-4-12(9)17-5-6-19-8-13(17)20/h3-4,7,10H,5-6,8,15H2,1-2H3,(H,16,18). The Morgan fingerprint density at radius 2 is 2.30 bits per heavy atom. The first-order chi connectivity index (χ1) is 9.49. The molecule has 0 radical (unpaired) electrons. The van der Waals surface area contributed by atoms with Crippen LogP contribution in [0, 0.1) is 6.92 Å². The fraction of sp³-hybridized carbons (Fsp3) is 0.429. The van der Waals surface area contributed by atoms with Crippen LogP contribution in [-0.2, 0) is 9.53 Å². The molecule has 0 saturated carbocycles. The van der Waals surface area contributed by atoms with Crippen LogP contribution in [0.4, 0.5) is 11.4 Å². The Kier molecular flexibility index (Phi) is 4.69. The first-order valence-corrected chi connectivity index (χ1v) is 6.95. The number of nitrogens with two attached hydrogens (primary N) is 1. The number of benzene rings is 1. The van der Waals surface area contributed by atoms with Crippen molar-refractivity contribution >= 4 is 34.5 Å². The van der Waals surface area contributed by atoms with Crippen LogP contribution < -0.4 is 16.0 Å². The maximum absolute atomic E-state index is 11.6. The zero-order chi connectivity index (χ0) is 14.7. The Hall–Kier alpha value is -1.50. The molecule has 1 aliphatic rings. The van der Waals surface area contributed by atoms with E-state index in [1.165, 1.54) is 0 Å². The van der Waals surface area contributed by atoms with Gasteiger partial charge in [-0.1, -0.05) is 12.2 Å². The van der Waals surface area contributed by atoms with Gasteiger partial charge in [0.25, 0.3) is 0 Å². The topological polar surface area (TPSA) is 67.6 Å². The highest BCUT2D eigenvalue weighted by atomic mass is 32.1. The van der Waals surface area contributed by atoms with Crippen molar-refractivity contribution < 1.29 is 9.53 Å². The van der Waals surface area contributed by atoms with E-state index in [-0.39, 0.29) is 5.91 Å². The molecule has 5 nitrogen and oxygen atoms in total. The molecule has 1 aliphatic heterocycles. The van der Waals surface area contributed by atoms with Crippen LogP contribution >= 0.6 is 12.2 Å². The lowest BCUT2D eigenvalue weighted by Crippen LogP contribution is -2.40. The average molecular weight is 293 g/mol. The molecule has 0 aliphatic carbocycles.